The third-order valence-electron chi connectivity index (χ3n) is 2.51. The number of benzene rings is 1. The molecule has 0 saturated heterocycles. The van der Waals surface area contributed by atoms with Crippen molar-refractivity contribution >= 4 is 22.6 Å². The molecule has 21 heavy (non-hydrogen) atoms. The molecule has 0 spiro atoms. The normalized spacial score (nSPS) is 12.0. The van der Waals surface area contributed by atoms with Gasteiger partial charge in [0.15, 0.2) is 11.6 Å². The Morgan fingerprint density at radius 1 is 1.38 bits per heavy atom. The number of amidine groups is 1. The summed E-state index contributed by atoms with van der Waals surface area (Å²) in [7, 11) is 0. The first-order chi connectivity index (χ1) is 9.81. The molecular weight excluding hydrogens is 293 g/mol. The van der Waals surface area contributed by atoms with Crippen LogP contribution in [0.4, 0.5) is 4.39 Å². The van der Waals surface area contributed by atoms with Crippen LogP contribution >= 0.6 is 11.6 Å². The summed E-state index contributed by atoms with van der Waals surface area (Å²) in [4.78, 5) is 0. The summed E-state index contributed by atoms with van der Waals surface area (Å²) in [5, 5.41) is 14.2. The van der Waals surface area contributed by atoms with Crippen molar-refractivity contribution < 1.29 is 9.13 Å². The third kappa shape index (κ3) is 6.40. The van der Waals surface area contributed by atoms with Gasteiger partial charge in [0, 0.05) is 6.08 Å². The summed E-state index contributed by atoms with van der Waals surface area (Å²) in [6.45, 7) is 7.53. The van der Waals surface area contributed by atoms with E-state index in [0.29, 0.717) is 5.56 Å². The van der Waals surface area contributed by atoms with Crippen LogP contribution < -0.4 is 5.73 Å². The number of hydrogen-bond donors (Lipinski definition) is 3. The molecule has 4 nitrogen and oxygen atoms in total. The fourth-order valence-electron chi connectivity index (χ4n) is 1.59. The van der Waals surface area contributed by atoms with Gasteiger partial charge < -0.3 is 10.5 Å². The van der Waals surface area contributed by atoms with E-state index < -0.39 is 6.10 Å². The van der Waals surface area contributed by atoms with Gasteiger partial charge in [0.05, 0.1) is 0 Å². The molecule has 0 aromatic heterocycles. The van der Waals surface area contributed by atoms with Crippen molar-refractivity contribution in [2.75, 3.05) is 0 Å². The largest absolute Gasteiger partial charge is 0.482 e. The third-order valence-corrected chi connectivity index (χ3v) is 2.62. The van der Waals surface area contributed by atoms with Crippen LogP contribution in [0.2, 0.25) is 0 Å². The van der Waals surface area contributed by atoms with Crippen molar-refractivity contribution in [3.8, 4) is 0 Å². The van der Waals surface area contributed by atoms with Gasteiger partial charge >= 0.3 is 0 Å². The quantitative estimate of drug-likeness (QED) is 0.431. The van der Waals surface area contributed by atoms with Crippen molar-refractivity contribution in [2.45, 2.75) is 33.8 Å². The molecule has 6 heteroatoms. The van der Waals surface area contributed by atoms with Gasteiger partial charge in [-0.25, -0.2) is 4.39 Å². The minimum Gasteiger partial charge on any atom is -0.482 e. The molecule has 116 valence electrons. The molecule has 0 aliphatic heterocycles. The van der Waals surface area contributed by atoms with E-state index in [4.69, 9.17) is 32.9 Å². The Morgan fingerprint density at radius 3 is 2.43 bits per heavy atom. The van der Waals surface area contributed by atoms with E-state index in [0.717, 1.165) is 11.6 Å². The Balaban J connectivity index is 0.00000191. The van der Waals surface area contributed by atoms with Crippen LogP contribution in [0, 0.1) is 23.6 Å². The van der Waals surface area contributed by atoms with E-state index in [2.05, 4.69) is 0 Å². The predicted octanol–water partition coefficient (Wildman–Crippen LogP) is 4.27. The summed E-state index contributed by atoms with van der Waals surface area (Å²) in [5.41, 5.74) is 6.85. The Bertz CT molecular complexity index is 544. The number of nitrogens with one attached hydrogen (secondary N) is 2. The summed E-state index contributed by atoms with van der Waals surface area (Å²) in [6.07, 6.45) is 0.622. The molecule has 1 aromatic rings. The molecule has 0 amide bonds. The average molecular weight is 314 g/mol. The number of nitrogens with two attached hydrogens (primary N) is 1. The van der Waals surface area contributed by atoms with E-state index >= 15 is 0 Å². The molecule has 0 radical (unpaired) electrons. The molecule has 0 heterocycles. The molecule has 1 unspecified atom stereocenters. The van der Waals surface area contributed by atoms with Crippen molar-refractivity contribution in [1.82, 2.24) is 0 Å². The zero-order valence-electron chi connectivity index (χ0n) is 12.6. The number of rotatable bonds is 5. The van der Waals surface area contributed by atoms with Gasteiger partial charge in [-0.15, -0.1) is 0 Å². The van der Waals surface area contributed by atoms with Gasteiger partial charge in [-0.1, -0.05) is 31.5 Å². The summed E-state index contributed by atoms with van der Waals surface area (Å²) in [6, 6.07) is 4.37. The molecule has 1 atom stereocenters. The van der Waals surface area contributed by atoms with E-state index in [-0.39, 0.29) is 22.6 Å². The molecule has 1 rings (SSSR count). The molecule has 1 aromatic carbocycles. The zero-order valence-corrected chi connectivity index (χ0v) is 13.4. The standard InChI is InChI=1S/C13H15ClFN3O.C2H6/c1-7-3-4-9(15)5-10(7)8(2)19-11(13(17)18)6-12(14)16;1-2/h3-6,8,16H,1-2H3,(H3,17,18);1-2H3/b11-6+,16-12?;. The Labute approximate surface area is 129 Å². The van der Waals surface area contributed by atoms with Crippen molar-refractivity contribution in [2.24, 2.45) is 5.73 Å². The molecule has 0 fully saturated rings. The maximum atomic E-state index is 13.2. The lowest BCUT2D eigenvalue weighted by atomic mass is 10.0. The second kappa shape index (κ2) is 9.13. The fourth-order valence-corrected chi connectivity index (χ4v) is 1.69. The first kappa shape index (κ1) is 19.1. The number of halogens is 2. The smallest absolute Gasteiger partial charge is 0.164 e. The fraction of sp³-hybridized carbons (Fsp3) is 0.333. The molecule has 0 saturated carbocycles. The van der Waals surface area contributed by atoms with E-state index in [9.17, 15) is 4.39 Å². The summed E-state index contributed by atoms with van der Waals surface area (Å²) in [5.74, 6) is -0.725. The molecule has 4 N–H and O–H groups in total. The highest BCUT2D eigenvalue weighted by Gasteiger charge is 2.14. The van der Waals surface area contributed by atoms with Crippen molar-refractivity contribution in [1.29, 1.82) is 10.8 Å². The van der Waals surface area contributed by atoms with Gasteiger partial charge in [0.1, 0.15) is 17.1 Å². The second-order valence-corrected chi connectivity index (χ2v) is 4.44. The van der Waals surface area contributed by atoms with Crippen LogP contribution in [0.25, 0.3) is 0 Å². The van der Waals surface area contributed by atoms with Crippen LogP contribution in [0.1, 0.15) is 38.0 Å². The zero-order chi connectivity index (χ0) is 16.6. The monoisotopic (exact) mass is 313 g/mol. The van der Waals surface area contributed by atoms with Crippen LogP contribution in [-0.4, -0.2) is 11.0 Å². The van der Waals surface area contributed by atoms with Crippen LogP contribution in [0.3, 0.4) is 0 Å². The second-order valence-electron chi connectivity index (χ2n) is 4.03. The first-order valence-corrected chi connectivity index (χ1v) is 6.92. The van der Waals surface area contributed by atoms with E-state index in [1.54, 1.807) is 13.0 Å². The lowest BCUT2D eigenvalue weighted by Gasteiger charge is -2.18. The first-order valence-electron chi connectivity index (χ1n) is 6.54. The molecule has 0 bridgehead atoms. The van der Waals surface area contributed by atoms with Crippen molar-refractivity contribution in [3.05, 3.63) is 47.0 Å². The number of hydrogen-bond acceptors (Lipinski definition) is 3. The molecule has 0 aliphatic rings. The lowest BCUT2D eigenvalue weighted by Crippen LogP contribution is -2.18. The summed E-state index contributed by atoms with van der Waals surface area (Å²) >= 11 is 5.42. The van der Waals surface area contributed by atoms with Gasteiger partial charge in [0.25, 0.3) is 0 Å². The van der Waals surface area contributed by atoms with Gasteiger partial charge in [0.2, 0.25) is 0 Å². The van der Waals surface area contributed by atoms with Crippen LogP contribution in [0.15, 0.2) is 30.0 Å². The van der Waals surface area contributed by atoms with E-state index in [1.807, 2.05) is 20.8 Å². The molecule has 0 aliphatic carbocycles. The Hall–Kier alpha value is -1.88. The number of aryl methyl sites for hydroxylation is 1. The highest BCUT2D eigenvalue weighted by atomic mass is 35.5. The predicted molar refractivity (Wildman–Crippen MR) is 85.6 cm³/mol. The highest BCUT2D eigenvalue weighted by molar-refractivity contribution is 6.67. The number of allylic oxidation sites excluding steroid dienone is 1. The maximum absolute atomic E-state index is 13.2. The Morgan fingerprint density at radius 2 is 1.95 bits per heavy atom. The lowest BCUT2D eigenvalue weighted by molar-refractivity contribution is 0.147. The van der Waals surface area contributed by atoms with Crippen LogP contribution in [-0.2, 0) is 4.74 Å². The van der Waals surface area contributed by atoms with Gasteiger partial charge in [-0.2, -0.15) is 0 Å². The minimum atomic E-state index is -0.512. The SMILES string of the molecule is CC.Cc1ccc(F)cc1C(C)O/C(=C/C(=N)Cl)C(=N)N. The minimum absolute atomic E-state index is 0.0174. The summed E-state index contributed by atoms with van der Waals surface area (Å²) < 4.78 is 18.7. The average Bonchev–Trinajstić information content (AvgIpc) is 2.42. The maximum Gasteiger partial charge on any atom is 0.164 e. The van der Waals surface area contributed by atoms with Crippen LogP contribution in [0.5, 0.6) is 0 Å². The topological polar surface area (TPSA) is 83.0 Å². The molecular formula is C15H21ClFN3O. The highest BCUT2D eigenvalue weighted by Crippen LogP contribution is 2.24. The van der Waals surface area contributed by atoms with Crippen molar-refractivity contribution in [3.63, 3.8) is 0 Å². The Kier molecular flexibility index (Phi) is 8.31. The van der Waals surface area contributed by atoms with Gasteiger partial charge in [-0.05, 0) is 37.1 Å². The number of ether oxygens (including phenoxy) is 1. The van der Waals surface area contributed by atoms with E-state index in [1.165, 1.54) is 12.1 Å². The van der Waals surface area contributed by atoms with Gasteiger partial charge in [-0.3, -0.25) is 10.8 Å².